The smallest absolute Gasteiger partial charge is 0.240 e. The van der Waals surface area contributed by atoms with Crippen LogP contribution < -0.4 is 5.32 Å². The molecule has 1 spiro atoms. The highest BCUT2D eigenvalue weighted by Crippen LogP contribution is 2.71. The first kappa shape index (κ1) is 31.5. The van der Waals surface area contributed by atoms with Crippen LogP contribution in [0.25, 0.3) is 0 Å². The van der Waals surface area contributed by atoms with Gasteiger partial charge in [-0.25, -0.2) is 5.01 Å². The van der Waals surface area contributed by atoms with Gasteiger partial charge in [-0.2, -0.15) is 0 Å². The van der Waals surface area contributed by atoms with Crippen LogP contribution in [0.2, 0.25) is 0 Å². The fourth-order valence-corrected chi connectivity index (χ4v) is 11.4. The second-order valence-electron chi connectivity index (χ2n) is 14.7. The molecule has 1 unspecified atom stereocenters. The minimum atomic E-state index is -0.683. The van der Waals surface area contributed by atoms with E-state index in [0.717, 1.165) is 30.4 Å². The summed E-state index contributed by atoms with van der Waals surface area (Å²) >= 11 is 1.43. The van der Waals surface area contributed by atoms with Crippen molar-refractivity contribution in [2.75, 3.05) is 0 Å². The van der Waals surface area contributed by atoms with Gasteiger partial charge in [-0.3, -0.25) is 19.2 Å². The molecule has 7 nitrogen and oxygen atoms in total. The van der Waals surface area contributed by atoms with Crippen LogP contribution in [0.4, 0.5) is 0 Å². The van der Waals surface area contributed by atoms with E-state index in [2.05, 4.69) is 45.0 Å². The average Bonchev–Trinajstić information content (AvgIpc) is 3.40. The molecule has 0 radical (unpaired) electrons. The zero-order valence-electron chi connectivity index (χ0n) is 26.9. The van der Waals surface area contributed by atoms with Gasteiger partial charge in [-0.1, -0.05) is 84.9 Å². The summed E-state index contributed by atoms with van der Waals surface area (Å²) in [5.41, 5.74) is 0.784. The highest BCUT2D eigenvalue weighted by Gasteiger charge is 2.68. The number of ketones is 2. The highest BCUT2D eigenvalue weighted by atomic mass is 32.2. The molecule has 5 rings (SSSR count). The molecule has 4 aliphatic carbocycles. The normalized spacial score (nSPS) is 39.3. The number of rotatable bonds is 7. The quantitative estimate of drug-likeness (QED) is 0.314. The highest BCUT2D eigenvalue weighted by molar-refractivity contribution is 8.15. The fraction of sp³-hybridized carbons (Fsp3) is 0.794. The average molecular weight is 598 g/mol. The molecule has 1 N–H and O–H groups in total. The van der Waals surface area contributed by atoms with Crippen molar-refractivity contribution in [1.29, 1.82) is 0 Å². The van der Waals surface area contributed by atoms with Crippen molar-refractivity contribution in [1.82, 2.24) is 10.3 Å². The van der Waals surface area contributed by atoms with Gasteiger partial charge < -0.3 is 5.32 Å². The topological polar surface area (TPSA) is 95.9 Å². The Morgan fingerprint density at radius 1 is 0.976 bits per heavy atom. The van der Waals surface area contributed by atoms with E-state index in [9.17, 15) is 19.2 Å². The zero-order chi connectivity index (χ0) is 30.7. The molecular formula is C34H51N3O4S. The Kier molecular flexibility index (Phi) is 8.39. The Hall–Kier alpha value is -1.96. The van der Waals surface area contributed by atoms with E-state index in [0.29, 0.717) is 36.8 Å². The first-order chi connectivity index (χ1) is 19.7. The summed E-state index contributed by atoms with van der Waals surface area (Å²) in [7, 11) is 0. The van der Waals surface area contributed by atoms with Gasteiger partial charge in [0.25, 0.3) is 0 Å². The SMILES string of the molecule is CCCCCCCC[C@H]1CC[C@@]2(C)C3=C(C(=O)C[C@]12C)[C@@]1(C)CCC2(SC(NC(C)=O)=NN2C(C)=O)[C@@H](C)[C@@H]1CC3=O. The predicted molar refractivity (Wildman–Crippen MR) is 167 cm³/mol. The van der Waals surface area contributed by atoms with E-state index in [1.165, 1.54) is 69.1 Å². The van der Waals surface area contributed by atoms with Gasteiger partial charge in [-0.15, -0.1) is 5.10 Å². The van der Waals surface area contributed by atoms with Crippen LogP contribution in [0.1, 0.15) is 132 Å². The first-order valence-corrected chi connectivity index (χ1v) is 17.2. The molecule has 232 valence electrons. The van der Waals surface area contributed by atoms with E-state index in [-0.39, 0.29) is 46.0 Å². The van der Waals surface area contributed by atoms with Crippen molar-refractivity contribution in [3.8, 4) is 0 Å². The molecule has 7 atom stereocenters. The van der Waals surface area contributed by atoms with Crippen LogP contribution in [0.15, 0.2) is 16.2 Å². The molecule has 42 heavy (non-hydrogen) atoms. The van der Waals surface area contributed by atoms with Crippen LogP contribution >= 0.6 is 11.8 Å². The Morgan fingerprint density at radius 3 is 2.33 bits per heavy atom. The number of Topliss-reactive ketones (excluding diaryl/α,β-unsaturated/α-hetero) is 2. The third-order valence-corrected chi connectivity index (χ3v) is 13.9. The van der Waals surface area contributed by atoms with Gasteiger partial charge in [-0.05, 0) is 55.3 Å². The van der Waals surface area contributed by atoms with Crippen LogP contribution in [0, 0.1) is 34.0 Å². The molecule has 0 aromatic rings. The largest absolute Gasteiger partial charge is 0.304 e. The number of thioether (sulfide) groups is 1. The number of carbonyl (C=O) groups is 4. The Labute approximate surface area is 256 Å². The lowest BCUT2D eigenvalue weighted by Gasteiger charge is -2.60. The lowest BCUT2D eigenvalue weighted by atomic mass is 9.45. The van der Waals surface area contributed by atoms with Gasteiger partial charge in [0.2, 0.25) is 11.8 Å². The lowest BCUT2D eigenvalue weighted by molar-refractivity contribution is -0.141. The van der Waals surface area contributed by atoms with Gasteiger partial charge in [0.1, 0.15) is 4.87 Å². The summed E-state index contributed by atoms with van der Waals surface area (Å²) in [5.74, 6) is 0.196. The predicted octanol–water partition coefficient (Wildman–Crippen LogP) is 7.15. The number of amides is 2. The van der Waals surface area contributed by atoms with Crippen molar-refractivity contribution in [3.05, 3.63) is 11.1 Å². The molecule has 0 saturated heterocycles. The number of fused-ring (bicyclic) bond motifs is 4. The zero-order valence-corrected chi connectivity index (χ0v) is 27.7. The maximum absolute atomic E-state index is 14.3. The maximum atomic E-state index is 14.3. The number of hydrazone groups is 1. The molecule has 2 fully saturated rings. The third-order valence-electron chi connectivity index (χ3n) is 12.5. The molecule has 2 amide bonds. The molecule has 0 bridgehead atoms. The van der Waals surface area contributed by atoms with Gasteiger partial charge in [0.05, 0.1) is 0 Å². The number of carbonyl (C=O) groups excluding carboxylic acids is 4. The van der Waals surface area contributed by atoms with E-state index >= 15 is 0 Å². The van der Waals surface area contributed by atoms with Crippen LogP contribution in [-0.4, -0.2) is 38.4 Å². The molecule has 0 aromatic heterocycles. The number of unbranched alkanes of at least 4 members (excludes halogenated alkanes) is 5. The van der Waals surface area contributed by atoms with Crippen molar-refractivity contribution in [2.45, 2.75) is 137 Å². The minimum absolute atomic E-state index is 0.0871. The second-order valence-corrected chi connectivity index (χ2v) is 16.0. The number of amidine groups is 1. The maximum Gasteiger partial charge on any atom is 0.240 e. The number of hydrogen-bond acceptors (Lipinski definition) is 6. The molecular weight excluding hydrogens is 546 g/mol. The summed E-state index contributed by atoms with van der Waals surface area (Å²) in [4.78, 5) is 52.6. The summed E-state index contributed by atoms with van der Waals surface area (Å²) in [5, 5.41) is 9.25. The van der Waals surface area contributed by atoms with Crippen LogP contribution in [0.3, 0.4) is 0 Å². The van der Waals surface area contributed by atoms with Gasteiger partial charge in [0, 0.05) is 48.7 Å². The Bertz CT molecular complexity index is 1240. The van der Waals surface area contributed by atoms with E-state index in [1.807, 2.05) is 0 Å². The van der Waals surface area contributed by atoms with E-state index in [4.69, 9.17) is 0 Å². The second kappa shape index (κ2) is 11.2. The number of hydrogen-bond donors (Lipinski definition) is 1. The molecule has 2 saturated carbocycles. The van der Waals surface area contributed by atoms with Crippen molar-refractivity contribution >= 4 is 40.3 Å². The standard InChI is InChI=1S/C34H51N3O4S/c1-8-9-10-11-12-13-14-24-15-16-32(6)29-26(40)19-25-21(2)34(37(23(4)39)36-30(42-34)35-22(3)38)18-17-31(25,5)28(29)27(41)20-33(24,32)7/h21,24-25H,8-20H2,1-7H3,(H,35,36,38)/t21-,24-,25-,31-,32-,33+,34?/m0/s1. The molecule has 1 aliphatic heterocycles. The molecule has 5 aliphatic rings. The van der Waals surface area contributed by atoms with Gasteiger partial charge >= 0.3 is 0 Å². The monoisotopic (exact) mass is 597 g/mol. The van der Waals surface area contributed by atoms with Crippen molar-refractivity contribution in [2.24, 2.45) is 39.1 Å². The number of nitrogens with zero attached hydrogens (tertiary/aromatic N) is 2. The Morgan fingerprint density at radius 2 is 1.67 bits per heavy atom. The minimum Gasteiger partial charge on any atom is -0.304 e. The summed E-state index contributed by atoms with van der Waals surface area (Å²) in [6.07, 6.45) is 13.1. The summed E-state index contributed by atoms with van der Waals surface area (Å²) in [6, 6.07) is 0. The van der Waals surface area contributed by atoms with Gasteiger partial charge in [0.15, 0.2) is 16.7 Å². The van der Waals surface area contributed by atoms with Crippen LogP contribution in [-0.2, 0) is 19.2 Å². The number of nitrogens with one attached hydrogen (secondary N) is 1. The molecule has 0 aromatic carbocycles. The number of allylic oxidation sites excluding steroid dienone is 2. The lowest BCUT2D eigenvalue weighted by Crippen LogP contribution is -2.61. The summed E-state index contributed by atoms with van der Waals surface area (Å²) < 4.78 is 0. The third kappa shape index (κ3) is 4.64. The fourth-order valence-electron chi connectivity index (χ4n) is 9.91. The van der Waals surface area contributed by atoms with Crippen LogP contribution in [0.5, 0.6) is 0 Å². The van der Waals surface area contributed by atoms with E-state index < -0.39 is 10.3 Å². The first-order valence-electron chi connectivity index (χ1n) is 16.4. The van der Waals surface area contributed by atoms with Crippen molar-refractivity contribution < 1.29 is 19.2 Å². The molecule has 8 heteroatoms. The Balaban J connectivity index is 1.44. The summed E-state index contributed by atoms with van der Waals surface area (Å²) in [6.45, 7) is 14.1. The van der Waals surface area contributed by atoms with E-state index in [1.54, 1.807) is 0 Å². The molecule has 1 heterocycles. The van der Waals surface area contributed by atoms with Crippen molar-refractivity contribution in [3.63, 3.8) is 0 Å².